The van der Waals surface area contributed by atoms with Crippen LogP contribution < -0.4 is 34.0 Å². The van der Waals surface area contributed by atoms with Gasteiger partial charge in [-0.05, 0) is 206 Å². The molecule has 15 N–H and O–H groups in total. The monoisotopic (exact) mass is 1970 g/mol. The van der Waals surface area contributed by atoms with Crippen molar-refractivity contribution in [1.29, 1.82) is 0 Å². The number of nitrogens with zero attached hydrogens (tertiary/aromatic N) is 11. The van der Waals surface area contributed by atoms with Crippen molar-refractivity contribution in [2.45, 2.75) is 129 Å². The lowest BCUT2D eigenvalue weighted by Crippen LogP contribution is -2.53. The zero-order valence-corrected chi connectivity index (χ0v) is 84.1. The summed E-state index contributed by atoms with van der Waals surface area (Å²) in [6.07, 6.45) is 12.1. The van der Waals surface area contributed by atoms with Gasteiger partial charge in [0.2, 0.25) is 70.9 Å². The van der Waals surface area contributed by atoms with Crippen molar-refractivity contribution in [3.05, 3.63) is 288 Å². The molecule has 0 saturated carbocycles. The third-order valence-corrected chi connectivity index (χ3v) is 27.3. The molecule has 0 aliphatic heterocycles. The first-order valence-corrected chi connectivity index (χ1v) is 50.6. The molecular weight excluding hydrogens is 1830 g/mol. The van der Waals surface area contributed by atoms with Gasteiger partial charge in [0.1, 0.15) is 19.6 Å². The molecule has 12 aromatic rings. The number of carbonyl (C=O) groups excluding carboxylic acids is 12. The van der Waals surface area contributed by atoms with E-state index >= 15 is 43.2 Å². The SMILES string of the molecule is C[C@@H](c1ccccc1)N(CC(N)=O)C(=O)CN(C(=O)CN(CCCCN)C(=O)CN(CCc1c[nH]c2ccccc12)C(=O)CN(CCc1c[nH]c2ccccc12)C(=O)CN(CCCCN)C(=O)CN(CCc1c[nH]c2ccccc12)C(=O)CN(CCc1c[nH]c2ccccc12)C(=O)CN(CCCCN)C(=O)CN(C(=O)CN(C(=O)CNCCCCN)[C@@H](C)c1ccccc1)[C@@H](C)c1ccccc1)[C@@H](C)c1ccccc1. The second kappa shape index (κ2) is 55.8. The van der Waals surface area contributed by atoms with E-state index < -0.39 is 161 Å². The first-order valence-electron chi connectivity index (χ1n) is 50.6. The molecule has 0 saturated heterocycles. The maximum absolute atomic E-state index is 16.2. The quantitative estimate of drug-likeness (QED) is 0.0158. The standard InChI is InChI=1S/C112H143N21O12/c1-81(85-33-9-5-10-34-85)130(70-101(117)134)111(144)80-133(84(4)88-39-15-8-16-40-88)110(143)77-125(60-32-28-56-116)104(137)74-127(62-50-90-66-120-98-46-22-18-42-94(90)98)108(141)75-128(63-51-91-67-121-99-47-23-19-43-95(91)99)105(138)71-123(58-30-26-54-114)103(136)73-126(61-49-89-65-119-97-45-21-17-41-93(89)97)107(140)76-129(64-52-92-68-122-100-48-24-20-44-96(92)100)106(139)72-124(59-31-27-55-115)109(142)78-132(83(3)87-37-13-7-14-38-87)112(145)79-131(82(2)86-35-11-6-12-36-86)102(135)69-118-57-29-25-53-113/h5-24,33-48,65-68,81-84,118-122H,25-32,49-64,69-80,113-116H2,1-4H3,(H2,117,134)/t81-,82-,83-,84-/m0/s1. The molecule has 4 aromatic heterocycles. The minimum absolute atomic E-state index is 0.0135. The Hall–Kier alpha value is -14.6. The highest BCUT2D eigenvalue weighted by molar-refractivity contribution is 5.97. The van der Waals surface area contributed by atoms with Crippen molar-refractivity contribution in [2.24, 2.45) is 28.7 Å². The van der Waals surface area contributed by atoms with Crippen LogP contribution in [0.2, 0.25) is 0 Å². The lowest BCUT2D eigenvalue weighted by molar-refractivity contribution is -0.150. The number of nitrogens with one attached hydrogen (secondary N) is 5. The van der Waals surface area contributed by atoms with Gasteiger partial charge < -0.3 is 108 Å². The summed E-state index contributed by atoms with van der Waals surface area (Å²) < 4.78 is 0. The Morgan fingerprint density at radius 2 is 0.462 bits per heavy atom. The average Bonchev–Trinajstić information content (AvgIpc) is 1.80. The fourth-order valence-corrected chi connectivity index (χ4v) is 18.6. The van der Waals surface area contributed by atoms with Crippen molar-refractivity contribution >= 4 is 114 Å². The molecule has 0 radical (unpaired) electrons. The first kappa shape index (κ1) is 109. The number of benzene rings is 8. The second-order valence-corrected chi connectivity index (χ2v) is 37.2. The van der Waals surface area contributed by atoms with E-state index in [0.29, 0.717) is 62.7 Å². The molecule has 4 heterocycles. The van der Waals surface area contributed by atoms with Crippen molar-refractivity contribution in [2.75, 3.05) is 157 Å². The van der Waals surface area contributed by atoms with Crippen LogP contribution >= 0.6 is 0 Å². The van der Waals surface area contributed by atoms with Crippen molar-refractivity contribution in [3.8, 4) is 0 Å². The van der Waals surface area contributed by atoms with Crippen LogP contribution in [0, 0.1) is 0 Å². The number of amides is 12. The molecule has 33 nitrogen and oxygen atoms in total. The molecule has 0 bridgehead atoms. The number of aromatic amines is 4. The van der Waals surface area contributed by atoms with Gasteiger partial charge >= 0.3 is 0 Å². The summed E-state index contributed by atoms with van der Waals surface area (Å²) in [4.78, 5) is 214. The van der Waals surface area contributed by atoms with Crippen molar-refractivity contribution in [3.63, 3.8) is 0 Å². The molecule has 4 atom stereocenters. The lowest BCUT2D eigenvalue weighted by atomic mass is 10.1. The number of unbranched alkanes of at least 4 members (excludes halogenated alkanes) is 4. The normalized spacial score (nSPS) is 12.2. The van der Waals surface area contributed by atoms with Crippen molar-refractivity contribution in [1.82, 2.24) is 79.2 Å². The third-order valence-electron chi connectivity index (χ3n) is 27.3. The number of para-hydroxylation sites is 4. The highest BCUT2D eigenvalue weighted by Gasteiger charge is 2.38. The van der Waals surface area contributed by atoms with Crippen molar-refractivity contribution < 1.29 is 57.5 Å². The summed E-state index contributed by atoms with van der Waals surface area (Å²) in [5, 5.41) is 6.73. The van der Waals surface area contributed by atoms with Gasteiger partial charge in [-0.3, -0.25) is 57.5 Å². The Labute approximate surface area is 848 Å². The number of aromatic nitrogens is 4. The number of primary amides is 1. The van der Waals surface area contributed by atoms with Crippen LogP contribution in [0.25, 0.3) is 43.6 Å². The van der Waals surface area contributed by atoms with Gasteiger partial charge in [0, 0.05) is 114 Å². The van der Waals surface area contributed by atoms with Gasteiger partial charge in [0.15, 0.2) is 0 Å². The number of hydrogen-bond acceptors (Lipinski definition) is 17. The molecule has 145 heavy (non-hydrogen) atoms. The number of fused-ring (bicyclic) bond motifs is 4. The van der Waals surface area contributed by atoms with Crippen LogP contribution in [-0.4, -0.2) is 302 Å². The zero-order chi connectivity index (χ0) is 103. The van der Waals surface area contributed by atoms with Gasteiger partial charge in [-0.1, -0.05) is 194 Å². The molecule has 0 unspecified atom stereocenters. The van der Waals surface area contributed by atoms with E-state index in [4.69, 9.17) is 28.7 Å². The van der Waals surface area contributed by atoms with Gasteiger partial charge in [-0.2, -0.15) is 0 Å². The van der Waals surface area contributed by atoms with Gasteiger partial charge in [0.05, 0.1) is 83.1 Å². The average molecular weight is 1980 g/mol. The van der Waals surface area contributed by atoms with Crippen LogP contribution in [0.4, 0.5) is 0 Å². The van der Waals surface area contributed by atoms with Gasteiger partial charge in [-0.15, -0.1) is 0 Å². The van der Waals surface area contributed by atoms with Crippen LogP contribution in [0.1, 0.15) is 148 Å². The van der Waals surface area contributed by atoms with Crippen LogP contribution in [0.15, 0.2) is 243 Å². The van der Waals surface area contributed by atoms with E-state index in [-0.39, 0.29) is 104 Å². The first-order chi connectivity index (χ1) is 70.3. The third kappa shape index (κ3) is 31.2. The molecule has 0 spiro atoms. The summed E-state index contributed by atoms with van der Waals surface area (Å²) in [6.45, 7) is 2.72. The minimum atomic E-state index is -0.764. The summed E-state index contributed by atoms with van der Waals surface area (Å²) in [5.41, 5.74) is 39.7. The topological polar surface area (TPSA) is 446 Å². The van der Waals surface area contributed by atoms with Crippen LogP contribution in [0.3, 0.4) is 0 Å². The van der Waals surface area contributed by atoms with Crippen LogP contribution in [0.5, 0.6) is 0 Å². The molecule has 8 aromatic carbocycles. The highest BCUT2D eigenvalue weighted by atomic mass is 16.2. The fourth-order valence-electron chi connectivity index (χ4n) is 18.6. The summed E-state index contributed by atoms with van der Waals surface area (Å²) in [5.74, 6) is -7.20. The number of rotatable bonds is 60. The van der Waals surface area contributed by atoms with Gasteiger partial charge in [-0.25, -0.2) is 0 Å². The maximum atomic E-state index is 16.2. The molecule has 768 valence electrons. The minimum Gasteiger partial charge on any atom is -0.368 e. The van der Waals surface area contributed by atoms with Crippen LogP contribution in [-0.2, 0) is 83.2 Å². The van der Waals surface area contributed by atoms with E-state index in [1.807, 2.05) is 257 Å². The number of hydrogen-bond donors (Lipinski definition) is 10. The summed E-state index contributed by atoms with van der Waals surface area (Å²) >= 11 is 0. The number of carbonyl (C=O) groups is 12. The Balaban J connectivity index is 0.854. The zero-order valence-electron chi connectivity index (χ0n) is 84.1. The predicted molar refractivity (Wildman–Crippen MR) is 566 cm³/mol. The molecule has 0 fully saturated rings. The number of nitrogens with two attached hydrogens (primary N) is 5. The fraction of sp³-hybridized carbons (Fsp3) is 0.393. The maximum Gasteiger partial charge on any atom is 0.243 e. The molecular formula is C112H143N21O12. The largest absolute Gasteiger partial charge is 0.368 e. The summed E-state index contributed by atoms with van der Waals surface area (Å²) in [7, 11) is 0. The lowest BCUT2D eigenvalue weighted by Gasteiger charge is -2.36. The summed E-state index contributed by atoms with van der Waals surface area (Å²) in [6, 6.07) is 64.8. The molecule has 33 heteroatoms. The second-order valence-electron chi connectivity index (χ2n) is 37.2. The Kier molecular flexibility index (Phi) is 42.0. The van der Waals surface area contributed by atoms with E-state index in [0.717, 1.165) is 89.8 Å². The number of H-pyrrole nitrogens is 4. The molecule has 0 aliphatic rings. The van der Waals surface area contributed by atoms with Gasteiger partial charge in [0.25, 0.3) is 0 Å². The Bertz CT molecular complexity index is 6160. The van der Waals surface area contributed by atoms with E-state index in [1.165, 1.54) is 53.9 Å². The highest BCUT2D eigenvalue weighted by Crippen LogP contribution is 2.30. The molecule has 12 rings (SSSR count). The van der Waals surface area contributed by atoms with E-state index in [1.54, 1.807) is 13.8 Å². The predicted octanol–water partition coefficient (Wildman–Crippen LogP) is 10.1. The Morgan fingerprint density at radius 1 is 0.248 bits per heavy atom. The van der Waals surface area contributed by atoms with E-state index in [9.17, 15) is 14.4 Å². The molecule has 12 amide bonds. The Morgan fingerprint density at radius 3 is 0.731 bits per heavy atom. The van der Waals surface area contributed by atoms with E-state index in [2.05, 4.69) is 25.3 Å². The molecule has 0 aliphatic carbocycles. The smallest absolute Gasteiger partial charge is 0.243 e.